The zero-order valence-corrected chi connectivity index (χ0v) is 13.3. The third kappa shape index (κ3) is 2.58. The van der Waals surface area contributed by atoms with E-state index in [9.17, 15) is 21.6 Å². The van der Waals surface area contributed by atoms with E-state index in [0.717, 1.165) is 4.68 Å². The summed E-state index contributed by atoms with van der Waals surface area (Å²) in [7, 11) is -5.46. The molecule has 5 nitrogen and oxygen atoms in total. The normalized spacial score (nSPS) is 12.7. The minimum absolute atomic E-state index is 0.172. The van der Waals surface area contributed by atoms with Crippen molar-refractivity contribution in [2.75, 3.05) is 0 Å². The van der Waals surface area contributed by atoms with Crippen molar-refractivity contribution in [1.29, 1.82) is 0 Å². The lowest BCUT2D eigenvalue weighted by molar-refractivity contribution is -0.0436. The number of sulfone groups is 1. The lowest BCUT2D eigenvalue weighted by Crippen LogP contribution is -2.23. The molecule has 0 amide bonds. The van der Waals surface area contributed by atoms with E-state index in [1.807, 2.05) is 0 Å². The van der Waals surface area contributed by atoms with Crippen LogP contribution in [-0.4, -0.2) is 28.7 Å². The maximum absolute atomic E-state index is 12.6. The smallest absolute Gasteiger partial charge is 0.232 e. The van der Waals surface area contributed by atoms with Crippen LogP contribution in [0, 0.1) is 20.8 Å². The first kappa shape index (κ1) is 16.8. The molecule has 0 unspecified atom stereocenters. The standard InChI is InChI=1S/C12H11ClF3N3O2S/c1-6-4-9(13)7(2)18-11(6)19-8(3)10(5-17-19)22(20,21)12(14,15)16/h4-5H,1-3H3. The van der Waals surface area contributed by atoms with Crippen LogP contribution in [0.2, 0.25) is 5.02 Å². The number of aryl methyl sites for hydroxylation is 2. The van der Waals surface area contributed by atoms with Gasteiger partial charge in [0.2, 0.25) is 0 Å². The van der Waals surface area contributed by atoms with Crippen molar-refractivity contribution in [2.45, 2.75) is 31.2 Å². The predicted molar refractivity (Wildman–Crippen MR) is 73.8 cm³/mol. The van der Waals surface area contributed by atoms with Gasteiger partial charge in [0.15, 0.2) is 5.82 Å². The molecule has 0 fully saturated rings. The Balaban J connectivity index is 2.66. The lowest BCUT2D eigenvalue weighted by atomic mass is 10.2. The highest BCUT2D eigenvalue weighted by Gasteiger charge is 2.48. The molecule has 2 aromatic heterocycles. The van der Waals surface area contributed by atoms with Gasteiger partial charge in [0, 0.05) is 0 Å². The molecule has 2 heterocycles. The molecule has 0 aliphatic rings. The Morgan fingerprint density at radius 3 is 2.36 bits per heavy atom. The van der Waals surface area contributed by atoms with E-state index >= 15 is 0 Å². The van der Waals surface area contributed by atoms with E-state index in [-0.39, 0.29) is 11.5 Å². The van der Waals surface area contributed by atoms with Crippen LogP contribution in [0.3, 0.4) is 0 Å². The Hall–Kier alpha value is -1.61. The SMILES string of the molecule is Cc1cc(Cl)c(C)nc1-n1ncc(S(=O)(=O)C(F)(F)F)c1C. The molecular weight excluding hydrogens is 343 g/mol. The highest BCUT2D eigenvalue weighted by molar-refractivity contribution is 7.92. The van der Waals surface area contributed by atoms with Crippen LogP contribution < -0.4 is 0 Å². The average Bonchev–Trinajstić information content (AvgIpc) is 2.75. The van der Waals surface area contributed by atoms with Crippen LogP contribution >= 0.6 is 11.6 Å². The van der Waals surface area contributed by atoms with Crippen molar-refractivity contribution in [3.8, 4) is 5.82 Å². The summed E-state index contributed by atoms with van der Waals surface area (Å²) < 4.78 is 62.0. The van der Waals surface area contributed by atoms with Gasteiger partial charge in [0.1, 0.15) is 4.90 Å². The molecular formula is C12H11ClF3N3O2S. The van der Waals surface area contributed by atoms with Gasteiger partial charge in [-0.2, -0.15) is 18.3 Å². The molecule has 0 N–H and O–H groups in total. The molecule has 0 saturated carbocycles. The fraction of sp³-hybridized carbons (Fsp3) is 0.333. The summed E-state index contributed by atoms with van der Waals surface area (Å²) in [5, 5.41) is 4.13. The molecule has 0 bridgehead atoms. The van der Waals surface area contributed by atoms with Gasteiger partial charge in [-0.25, -0.2) is 18.1 Å². The Morgan fingerprint density at radius 2 is 1.82 bits per heavy atom. The quantitative estimate of drug-likeness (QED) is 0.832. The van der Waals surface area contributed by atoms with Gasteiger partial charge in [-0.05, 0) is 32.4 Å². The summed E-state index contributed by atoms with van der Waals surface area (Å²) in [4.78, 5) is 3.26. The first-order valence-electron chi connectivity index (χ1n) is 5.97. The van der Waals surface area contributed by atoms with Gasteiger partial charge in [-0.15, -0.1) is 0 Å². The number of halogens is 4. The number of hydrogen-bond acceptors (Lipinski definition) is 4. The van der Waals surface area contributed by atoms with Gasteiger partial charge in [0.05, 0.1) is 22.6 Å². The van der Waals surface area contributed by atoms with Crippen LogP contribution in [-0.2, 0) is 9.84 Å². The zero-order chi connectivity index (χ0) is 16.9. The topological polar surface area (TPSA) is 64.8 Å². The van der Waals surface area contributed by atoms with Crippen LogP contribution in [0.15, 0.2) is 17.2 Å². The number of hydrogen-bond donors (Lipinski definition) is 0. The number of rotatable bonds is 2. The minimum atomic E-state index is -5.46. The molecule has 22 heavy (non-hydrogen) atoms. The van der Waals surface area contributed by atoms with Crippen molar-refractivity contribution in [3.63, 3.8) is 0 Å². The monoisotopic (exact) mass is 353 g/mol. The molecule has 2 aromatic rings. The van der Waals surface area contributed by atoms with Crippen molar-refractivity contribution >= 4 is 21.4 Å². The molecule has 0 atom stereocenters. The van der Waals surface area contributed by atoms with Gasteiger partial charge >= 0.3 is 5.51 Å². The second-order valence-corrected chi connectivity index (χ2v) is 6.97. The van der Waals surface area contributed by atoms with Gasteiger partial charge in [-0.1, -0.05) is 11.6 Å². The third-order valence-corrected chi connectivity index (χ3v) is 5.05. The number of pyridine rings is 1. The van der Waals surface area contributed by atoms with E-state index in [2.05, 4.69) is 10.1 Å². The molecule has 0 saturated heterocycles. The van der Waals surface area contributed by atoms with Gasteiger partial charge in [-0.3, -0.25) is 0 Å². The van der Waals surface area contributed by atoms with E-state index in [1.165, 1.54) is 6.92 Å². The Labute approximate surface area is 129 Å². The summed E-state index contributed by atoms with van der Waals surface area (Å²) in [6.45, 7) is 4.50. The van der Waals surface area contributed by atoms with E-state index in [0.29, 0.717) is 22.5 Å². The van der Waals surface area contributed by atoms with E-state index in [1.54, 1.807) is 19.9 Å². The van der Waals surface area contributed by atoms with Crippen molar-refractivity contribution < 1.29 is 21.6 Å². The molecule has 0 radical (unpaired) electrons. The summed E-state index contributed by atoms with van der Waals surface area (Å²) >= 11 is 5.91. The predicted octanol–water partition coefficient (Wildman–Crippen LogP) is 3.14. The van der Waals surface area contributed by atoms with Crippen LogP contribution in [0.25, 0.3) is 5.82 Å². The summed E-state index contributed by atoms with van der Waals surface area (Å²) in [5.41, 5.74) is -4.55. The number of alkyl halides is 3. The molecule has 0 aliphatic carbocycles. The van der Waals surface area contributed by atoms with Crippen LogP contribution in [0.1, 0.15) is 17.0 Å². The Kier molecular flexibility index (Phi) is 3.99. The molecule has 2 rings (SSSR count). The second-order valence-electron chi connectivity index (χ2n) is 4.65. The fourth-order valence-electron chi connectivity index (χ4n) is 1.87. The van der Waals surface area contributed by atoms with Crippen molar-refractivity contribution in [2.24, 2.45) is 0 Å². The zero-order valence-electron chi connectivity index (χ0n) is 11.7. The number of aromatic nitrogens is 3. The van der Waals surface area contributed by atoms with Gasteiger partial charge < -0.3 is 0 Å². The highest BCUT2D eigenvalue weighted by Crippen LogP contribution is 2.32. The van der Waals surface area contributed by atoms with Gasteiger partial charge in [0.25, 0.3) is 9.84 Å². The maximum atomic E-state index is 12.6. The summed E-state index contributed by atoms with van der Waals surface area (Å²) in [6.07, 6.45) is 0.670. The minimum Gasteiger partial charge on any atom is -0.232 e. The summed E-state index contributed by atoms with van der Waals surface area (Å²) in [5.74, 6) is 0.225. The number of nitrogens with zero attached hydrogens (tertiary/aromatic N) is 3. The molecule has 120 valence electrons. The first-order valence-corrected chi connectivity index (χ1v) is 7.83. The second kappa shape index (κ2) is 5.24. The van der Waals surface area contributed by atoms with E-state index < -0.39 is 20.2 Å². The fourth-order valence-corrected chi connectivity index (χ4v) is 2.99. The van der Waals surface area contributed by atoms with Crippen molar-refractivity contribution in [3.05, 3.63) is 34.2 Å². The van der Waals surface area contributed by atoms with Crippen LogP contribution in [0.4, 0.5) is 13.2 Å². The first-order chi connectivity index (χ1) is 9.96. The lowest BCUT2D eigenvalue weighted by Gasteiger charge is -2.11. The maximum Gasteiger partial charge on any atom is 0.502 e. The van der Waals surface area contributed by atoms with E-state index in [4.69, 9.17) is 11.6 Å². The van der Waals surface area contributed by atoms with Crippen LogP contribution in [0.5, 0.6) is 0 Å². The summed E-state index contributed by atoms with van der Waals surface area (Å²) in [6, 6.07) is 1.58. The Bertz CT molecular complexity index is 844. The Morgan fingerprint density at radius 1 is 1.23 bits per heavy atom. The molecule has 0 aromatic carbocycles. The molecule has 0 aliphatic heterocycles. The average molecular weight is 354 g/mol. The third-order valence-electron chi connectivity index (χ3n) is 3.07. The molecule has 10 heteroatoms. The molecule has 0 spiro atoms. The highest BCUT2D eigenvalue weighted by atomic mass is 35.5. The largest absolute Gasteiger partial charge is 0.502 e. The van der Waals surface area contributed by atoms with Crippen molar-refractivity contribution in [1.82, 2.24) is 14.8 Å².